The summed E-state index contributed by atoms with van der Waals surface area (Å²) in [6, 6.07) is 15.6. The first-order valence-corrected chi connectivity index (χ1v) is 11.5. The molecule has 2 N–H and O–H groups in total. The number of hydrogen-bond acceptors (Lipinski definition) is 6. The molecule has 1 aliphatic heterocycles. The van der Waals surface area contributed by atoms with Gasteiger partial charge in [0.05, 0.1) is 24.9 Å². The van der Waals surface area contributed by atoms with Gasteiger partial charge in [0.25, 0.3) is 5.91 Å². The molecule has 8 nitrogen and oxygen atoms in total. The molecule has 4 aromatic rings. The van der Waals surface area contributed by atoms with E-state index in [1.54, 1.807) is 0 Å². The molecule has 2 aromatic carbocycles. The first-order chi connectivity index (χ1) is 16.5. The fourth-order valence-corrected chi connectivity index (χ4v) is 4.55. The number of fused-ring (bicyclic) bond motifs is 1. The Labute approximate surface area is 198 Å². The topological polar surface area (TPSA) is 96.0 Å². The summed E-state index contributed by atoms with van der Waals surface area (Å²) in [4.78, 5) is 24.1. The van der Waals surface area contributed by atoms with E-state index in [0.29, 0.717) is 43.5 Å². The van der Waals surface area contributed by atoms with Crippen LogP contribution in [0.25, 0.3) is 10.9 Å². The van der Waals surface area contributed by atoms with Gasteiger partial charge in [0, 0.05) is 47.4 Å². The lowest BCUT2D eigenvalue weighted by Gasteiger charge is -2.24. The number of aromatic amines is 1. The number of hydrogen-bond donors (Lipinski definition) is 2. The van der Waals surface area contributed by atoms with Gasteiger partial charge in [0.15, 0.2) is 0 Å². The lowest BCUT2D eigenvalue weighted by molar-refractivity contribution is 0.0737. The molecule has 0 bridgehead atoms. The number of aromatic nitrogens is 4. The van der Waals surface area contributed by atoms with Crippen LogP contribution in [0.15, 0.2) is 54.7 Å². The van der Waals surface area contributed by atoms with Crippen molar-refractivity contribution in [1.29, 1.82) is 0 Å². The van der Waals surface area contributed by atoms with Crippen LogP contribution in [0, 0.1) is 19.8 Å². The smallest absolute Gasteiger partial charge is 0.254 e. The zero-order valence-electron chi connectivity index (χ0n) is 19.4. The fourth-order valence-electron chi connectivity index (χ4n) is 4.55. The summed E-state index contributed by atoms with van der Waals surface area (Å²) in [5, 5.41) is 11.6. The Bertz CT molecular complexity index is 1300. The molecule has 1 atom stereocenters. The molecule has 0 saturated carbocycles. The van der Waals surface area contributed by atoms with E-state index in [2.05, 4.69) is 31.5 Å². The average Bonchev–Trinajstić information content (AvgIpc) is 3.18. The zero-order valence-corrected chi connectivity index (χ0v) is 19.4. The van der Waals surface area contributed by atoms with Crippen molar-refractivity contribution in [2.45, 2.75) is 20.3 Å². The van der Waals surface area contributed by atoms with E-state index in [4.69, 9.17) is 4.74 Å². The van der Waals surface area contributed by atoms with Gasteiger partial charge in [-0.3, -0.25) is 9.89 Å². The Morgan fingerprint density at radius 1 is 1.18 bits per heavy atom. The van der Waals surface area contributed by atoms with Gasteiger partial charge in [0.1, 0.15) is 11.6 Å². The van der Waals surface area contributed by atoms with Crippen LogP contribution in [0.5, 0.6) is 0 Å². The van der Waals surface area contributed by atoms with Gasteiger partial charge in [-0.1, -0.05) is 18.2 Å². The van der Waals surface area contributed by atoms with Crippen LogP contribution in [0.3, 0.4) is 0 Å². The predicted octanol–water partition coefficient (Wildman–Crippen LogP) is 4.04. The van der Waals surface area contributed by atoms with Crippen LogP contribution in [-0.2, 0) is 11.2 Å². The number of nitrogens with zero attached hydrogens (tertiary/aromatic N) is 4. The highest BCUT2D eigenvalue weighted by Crippen LogP contribution is 2.23. The molecule has 1 fully saturated rings. The molecule has 0 aliphatic carbocycles. The predicted molar refractivity (Wildman–Crippen MR) is 131 cm³/mol. The number of ether oxygens (including phenoxy) is 1. The molecule has 3 heterocycles. The summed E-state index contributed by atoms with van der Waals surface area (Å²) in [5.74, 6) is 1.64. The first kappa shape index (κ1) is 22.0. The van der Waals surface area contributed by atoms with E-state index >= 15 is 0 Å². The van der Waals surface area contributed by atoms with E-state index < -0.39 is 0 Å². The maximum absolute atomic E-state index is 13.4. The summed E-state index contributed by atoms with van der Waals surface area (Å²) >= 11 is 0. The third-order valence-corrected chi connectivity index (χ3v) is 6.06. The molecular formula is C26H28N6O2. The van der Waals surface area contributed by atoms with Gasteiger partial charge < -0.3 is 15.0 Å². The van der Waals surface area contributed by atoms with Crippen molar-refractivity contribution < 1.29 is 9.53 Å². The second-order valence-corrected chi connectivity index (χ2v) is 8.79. The van der Waals surface area contributed by atoms with Gasteiger partial charge in [-0.05, 0) is 50.1 Å². The summed E-state index contributed by atoms with van der Waals surface area (Å²) in [7, 11) is 0. The monoisotopic (exact) mass is 456 g/mol. The van der Waals surface area contributed by atoms with Gasteiger partial charge in [-0.25, -0.2) is 9.97 Å². The first-order valence-electron chi connectivity index (χ1n) is 11.5. The molecule has 8 heteroatoms. The van der Waals surface area contributed by atoms with Crippen molar-refractivity contribution in [2.75, 3.05) is 31.6 Å². The second kappa shape index (κ2) is 9.61. The highest BCUT2D eigenvalue weighted by Gasteiger charge is 2.24. The molecule has 1 amide bonds. The molecule has 174 valence electrons. The number of amides is 1. The highest BCUT2D eigenvalue weighted by atomic mass is 16.5. The maximum atomic E-state index is 13.4. The number of nitrogens with one attached hydrogen (secondary N) is 2. The molecule has 5 rings (SSSR count). The van der Waals surface area contributed by atoms with Crippen molar-refractivity contribution in [1.82, 2.24) is 25.1 Å². The van der Waals surface area contributed by atoms with E-state index in [-0.39, 0.29) is 11.8 Å². The summed E-state index contributed by atoms with van der Waals surface area (Å²) in [6.07, 6.45) is 2.69. The molecule has 1 aliphatic rings. The number of carbonyl (C=O) groups is 1. The Hall–Kier alpha value is -3.78. The molecule has 0 radical (unpaired) electrons. The van der Waals surface area contributed by atoms with E-state index in [9.17, 15) is 4.79 Å². The molecular weight excluding hydrogens is 428 g/mol. The van der Waals surface area contributed by atoms with Crippen molar-refractivity contribution >= 4 is 28.3 Å². The Balaban J connectivity index is 1.31. The molecule has 1 saturated heterocycles. The SMILES string of the molecule is Cc1cc(Nc2cccc(C(=O)N3CCOC[C@@H](Cc4cccc5[nH]ncc45)C3)c2)nc(C)n1. The zero-order chi connectivity index (χ0) is 23.5. The van der Waals surface area contributed by atoms with Crippen LogP contribution in [0.2, 0.25) is 0 Å². The number of anilines is 2. The Morgan fingerprint density at radius 3 is 2.94 bits per heavy atom. The Kier molecular flexibility index (Phi) is 6.22. The van der Waals surface area contributed by atoms with Crippen molar-refractivity contribution in [3.8, 4) is 0 Å². The maximum Gasteiger partial charge on any atom is 0.254 e. The minimum Gasteiger partial charge on any atom is -0.379 e. The number of rotatable bonds is 5. The normalized spacial score (nSPS) is 16.4. The van der Waals surface area contributed by atoms with Gasteiger partial charge in [-0.2, -0.15) is 5.10 Å². The highest BCUT2D eigenvalue weighted by molar-refractivity contribution is 5.95. The number of carbonyl (C=O) groups excluding carboxylic acids is 1. The van der Waals surface area contributed by atoms with Crippen LogP contribution >= 0.6 is 0 Å². The quantitative estimate of drug-likeness (QED) is 0.470. The minimum absolute atomic E-state index is 0.00992. The van der Waals surface area contributed by atoms with Crippen molar-refractivity contribution in [3.05, 3.63) is 77.4 Å². The van der Waals surface area contributed by atoms with Gasteiger partial charge in [-0.15, -0.1) is 0 Å². The summed E-state index contributed by atoms with van der Waals surface area (Å²) in [6.45, 7) is 6.19. The third kappa shape index (κ3) is 4.92. The Morgan fingerprint density at radius 2 is 2.06 bits per heavy atom. The summed E-state index contributed by atoms with van der Waals surface area (Å²) < 4.78 is 5.87. The third-order valence-electron chi connectivity index (χ3n) is 6.06. The van der Waals surface area contributed by atoms with Crippen molar-refractivity contribution in [3.63, 3.8) is 0 Å². The number of benzene rings is 2. The largest absolute Gasteiger partial charge is 0.379 e. The van der Waals surface area contributed by atoms with Crippen LogP contribution in [-0.4, -0.2) is 57.3 Å². The second-order valence-electron chi connectivity index (χ2n) is 8.79. The van der Waals surface area contributed by atoms with Crippen LogP contribution in [0.4, 0.5) is 11.5 Å². The summed E-state index contributed by atoms with van der Waals surface area (Å²) in [5.41, 5.74) is 4.60. The standard InChI is InChI=1S/C26H28N6O2/c1-17-11-25(29-18(2)28-17)30-22-7-3-6-21(13-22)26(33)32-9-10-34-16-19(15-32)12-20-5-4-8-24-23(20)14-27-31-24/h3-8,11,13-14,19H,9-10,12,15-16H2,1-2H3,(H,27,31)(H,28,29,30)/t19-/m0/s1. The van der Waals surface area contributed by atoms with Crippen LogP contribution in [0.1, 0.15) is 27.4 Å². The van der Waals surface area contributed by atoms with Gasteiger partial charge in [0.2, 0.25) is 0 Å². The number of aryl methyl sites for hydroxylation is 2. The van der Waals surface area contributed by atoms with E-state index in [1.807, 2.05) is 67.4 Å². The average molecular weight is 457 g/mol. The molecule has 34 heavy (non-hydrogen) atoms. The van der Waals surface area contributed by atoms with Crippen LogP contribution < -0.4 is 5.32 Å². The van der Waals surface area contributed by atoms with Crippen molar-refractivity contribution in [2.24, 2.45) is 5.92 Å². The molecule has 0 spiro atoms. The lowest BCUT2D eigenvalue weighted by Crippen LogP contribution is -2.36. The van der Waals surface area contributed by atoms with E-state index in [0.717, 1.165) is 28.7 Å². The fraction of sp³-hybridized carbons (Fsp3) is 0.308. The molecule has 2 aromatic heterocycles. The van der Waals surface area contributed by atoms with Gasteiger partial charge >= 0.3 is 0 Å². The number of H-pyrrole nitrogens is 1. The van der Waals surface area contributed by atoms with E-state index in [1.165, 1.54) is 5.56 Å². The lowest BCUT2D eigenvalue weighted by atomic mass is 9.97. The molecule has 0 unspecified atom stereocenters. The minimum atomic E-state index is 0.00992.